The molecule has 0 radical (unpaired) electrons. The van der Waals surface area contributed by atoms with Crippen LogP contribution in [0, 0.1) is 12.3 Å². The van der Waals surface area contributed by atoms with E-state index in [-0.39, 0.29) is 0 Å². The Balaban J connectivity index is 3.68. The summed E-state index contributed by atoms with van der Waals surface area (Å²) in [6, 6.07) is 0. The minimum atomic E-state index is 0.731. The van der Waals surface area contributed by atoms with Gasteiger partial charge < -0.3 is 0 Å². The summed E-state index contributed by atoms with van der Waals surface area (Å²) >= 11 is 0. The topological polar surface area (TPSA) is 0 Å². The minimum absolute atomic E-state index is 0.731. The Morgan fingerprint density at radius 1 is 1.70 bits per heavy atom. The summed E-state index contributed by atoms with van der Waals surface area (Å²) in [6.45, 7) is 10.4. The first kappa shape index (κ1) is 9.69. The van der Waals surface area contributed by atoms with E-state index in [2.05, 4.69) is 33.3 Å². The molecular weight excluding hydrogens is 115 g/mol. The van der Waals surface area contributed by atoms with E-state index in [0.29, 0.717) is 0 Å². The maximum absolute atomic E-state index is 5.07. The molecule has 0 N–H and O–H groups in total. The van der Waals surface area contributed by atoms with Crippen molar-refractivity contribution in [3.05, 3.63) is 0 Å². The van der Waals surface area contributed by atoms with Crippen molar-refractivity contribution in [2.45, 2.75) is 20.1 Å². The Labute approximate surface area is 66.0 Å². The number of rotatable bonds is 3. The third-order valence-corrected chi connectivity index (χ3v) is 1.14. The first-order valence-electron chi connectivity index (χ1n) is 3.58. The zero-order chi connectivity index (χ0) is 7.82. The molecule has 0 aliphatic heterocycles. The fourth-order valence-corrected chi connectivity index (χ4v) is 0.703. The standard InChI is InChI=1S/C6H10B4/c1-4-5-8-10-6(2)9-7-3/h1,7H,5H2,2-3H3. The van der Waals surface area contributed by atoms with E-state index in [4.69, 9.17) is 6.42 Å². The van der Waals surface area contributed by atoms with Gasteiger partial charge in [-0.2, -0.15) is 0 Å². The molecule has 0 aromatic carbocycles. The van der Waals surface area contributed by atoms with E-state index < -0.39 is 0 Å². The third-order valence-electron chi connectivity index (χ3n) is 1.14. The Morgan fingerprint density at radius 2 is 2.40 bits per heavy atom. The van der Waals surface area contributed by atoms with Gasteiger partial charge in [0.2, 0.25) is 0 Å². The molecular formula is C6H10B4. The summed E-state index contributed by atoms with van der Waals surface area (Å²) in [5, 5.41) is 1.29. The van der Waals surface area contributed by atoms with Crippen LogP contribution in [0.4, 0.5) is 0 Å². The van der Waals surface area contributed by atoms with Gasteiger partial charge in [-0.1, -0.05) is 0 Å². The average Bonchev–Trinajstić information content (AvgIpc) is 1.89. The number of hydrogen-bond donors (Lipinski definition) is 0. The van der Waals surface area contributed by atoms with Crippen molar-refractivity contribution in [3.63, 3.8) is 0 Å². The van der Waals surface area contributed by atoms with Gasteiger partial charge in [-0.25, -0.2) is 0 Å². The average molecular weight is 125 g/mol. The molecule has 0 aliphatic rings. The molecule has 0 aromatic rings. The molecule has 0 unspecified atom stereocenters. The predicted molar refractivity (Wildman–Crippen MR) is 54.6 cm³/mol. The molecule has 0 aromatic heterocycles. The summed E-state index contributed by atoms with van der Waals surface area (Å²) in [7, 11) is 1.09. The predicted octanol–water partition coefficient (Wildman–Crippen LogP) is -0.385. The SMILES string of the molecule is C#CC/B=B\C(C)=B/BC. The van der Waals surface area contributed by atoms with Crippen molar-refractivity contribution in [1.29, 1.82) is 0 Å². The van der Waals surface area contributed by atoms with Crippen LogP contribution >= 0.6 is 0 Å². The monoisotopic (exact) mass is 126 g/mol. The second kappa shape index (κ2) is 6.80. The van der Waals surface area contributed by atoms with E-state index in [0.717, 1.165) is 13.5 Å². The van der Waals surface area contributed by atoms with E-state index in [1.54, 1.807) is 0 Å². The van der Waals surface area contributed by atoms with Gasteiger partial charge in [-0.05, 0) is 0 Å². The van der Waals surface area contributed by atoms with E-state index in [1.165, 1.54) is 5.36 Å². The molecule has 0 saturated heterocycles. The second-order valence-corrected chi connectivity index (χ2v) is 2.17. The third kappa shape index (κ3) is 5.82. The summed E-state index contributed by atoms with van der Waals surface area (Å²) in [4.78, 5) is 0. The van der Waals surface area contributed by atoms with Gasteiger partial charge in [0, 0.05) is 0 Å². The van der Waals surface area contributed by atoms with Gasteiger partial charge in [0.05, 0.1) is 0 Å². The molecule has 0 rings (SSSR count). The van der Waals surface area contributed by atoms with Crippen LogP contribution in [0.2, 0.25) is 13.1 Å². The summed E-state index contributed by atoms with van der Waals surface area (Å²) in [5.74, 6) is 2.55. The fourth-order valence-electron chi connectivity index (χ4n) is 0.703. The quantitative estimate of drug-likeness (QED) is 0.356. The molecule has 0 fully saturated rings. The first-order chi connectivity index (χ1) is 4.81. The molecule has 10 heavy (non-hydrogen) atoms. The van der Waals surface area contributed by atoms with Crippen molar-refractivity contribution >= 4 is 32.9 Å². The molecule has 0 heterocycles. The Kier molecular flexibility index (Phi) is 6.59. The Bertz CT molecular complexity index is 175. The molecule has 46 valence electrons. The van der Waals surface area contributed by atoms with Gasteiger partial charge >= 0.3 is 65.4 Å². The van der Waals surface area contributed by atoms with E-state index in [9.17, 15) is 0 Å². The normalized spacial score (nSPS) is 9.10. The van der Waals surface area contributed by atoms with Crippen molar-refractivity contribution < 1.29 is 0 Å². The fraction of sp³-hybridized carbons (Fsp3) is 0.500. The van der Waals surface area contributed by atoms with Crippen LogP contribution in [0.5, 0.6) is 0 Å². The molecule has 0 nitrogen and oxygen atoms in total. The first-order valence-corrected chi connectivity index (χ1v) is 3.58. The molecule has 4 heteroatoms. The van der Waals surface area contributed by atoms with Crippen LogP contribution in [-0.2, 0) is 0 Å². The number of terminal acetylenes is 1. The van der Waals surface area contributed by atoms with Crippen LogP contribution in [0.1, 0.15) is 6.92 Å². The van der Waals surface area contributed by atoms with Crippen molar-refractivity contribution in [2.24, 2.45) is 0 Å². The zero-order valence-electron chi connectivity index (χ0n) is 6.72. The van der Waals surface area contributed by atoms with Crippen LogP contribution in [-0.4, -0.2) is 32.9 Å². The maximum atomic E-state index is 5.07. The van der Waals surface area contributed by atoms with Gasteiger partial charge in [-0.3, -0.25) is 0 Å². The molecule has 0 aliphatic carbocycles. The Hall–Kier alpha value is -0.310. The van der Waals surface area contributed by atoms with E-state index >= 15 is 0 Å². The molecule has 0 bridgehead atoms. The summed E-state index contributed by atoms with van der Waals surface area (Å²) in [5.41, 5.74) is 0. The molecule has 0 saturated carbocycles. The van der Waals surface area contributed by atoms with Crippen LogP contribution in [0.15, 0.2) is 0 Å². The van der Waals surface area contributed by atoms with Gasteiger partial charge in [0.1, 0.15) is 0 Å². The van der Waals surface area contributed by atoms with Crippen molar-refractivity contribution in [3.8, 4) is 12.3 Å². The Morgan fingerprint density at radius 3 is 2.90 bits per heavy atom. The van der Waals surface area contributed by atoms with Gasteiger partial charge in [0.25, 0.3) is 0 Å². The molecule has 0 spiro atoms. The van der Waals surface area contributed by atoms with Crippen molar-refractivity contribution in [1.82, 2.24) is 0 Å². The molecule has 0 amide bonds. The zero-order valence-corrected chi connectivity index (χ0v) is 6.72. The van der Waals surface area contributed by atoms with Crippen LogP contribution < -0.4 is 0 Å². The van der Waals surface area contributed by atoms with Crippen LogP contribution in [0.25, 0.3) is 0 Å². The summed E-state index contributed by atoms with van der Waals surface area (Å²) < 4.78 is 0. The van der Waals surface area contributed by atoms with Gasteiger partial charge in [0.15, 0.2) is 0 Å². The summed E-state index contributed by atoms with van der Waals surface area (Å²) in [6.07, 6.45) is 5.80. The number of hydrogen-bond acceptors (Lipinski definition) is 0. The second-order valence-electron chi connectivity index (χ2n) is 2.17. The van der Waals surface area contributed by atoms with E-state index in [1.807, 2.05) is 6.80 Å². The van der Waals surface area contributed by atoms with Crippen molar-refractivity contribution in [2.75, 3.05) is 0 Å². The molecule has 0 atom stereocenters. The van der Waals surface area contributed by atoms with Crippen LogP contribution in [0.3, 0.4) is 0 Å². The van der Waals surface area contributed by atoms with Gasteiger partial charge in [-0.15, -0.1) is 0 Å².